The normalized spacial score (nSPS) is 14.5. The van der Waals surface area contributed by atoms with Gasteiger partial charge in [-0.05, 0) is 61.7 Å². The number of carbonyl (C=O) groups excluding carboxylic acids is 2. The van der Waals surface area contributed by atoms with E-state index >= 15 is 0 Å². The fourth-order valence-corrected chi connectivity index (χ4v) is 6.73. The Morgan fingerprint density at radius 2 is 1.63 bits per heavy atom. The lowest BCUT2D eigenvalue weighted by Gasteiger charge is -2.33. The van der Waals surface area contributed by atoms with E-state index in [0.29, 0.717) is 10.6 Å². The zero-order valence-corrected chi connectivity index (χ0v) is 25.8. The van der Waals surface area contributed by atoms with Gasteiger partial charge in [-0.1, -0.05) is 66.7 Å². The summed E-state index contributed by atoms with van der Waals surface area (Å²) in [5.74, 6) is -1.01. The molecule has 228 valence electrons. The number of hydrogen-bond donors (Lipinski definition) is 1. The number of hydrogen-bond acceptors (Lipinski definition) is 6. The number of sulfonamides is 1. The predicted molar refractivity (Wildman–Crippen MR) is 166 cm³/mol. The molecule has 0 unspecified atom stereocenters. The average molecular weight is 648 g/mol. The third-order valence-electron chi connectivity index (χ3n) is 7.41. The Bertz CT molecular complexity index is 1570. The van der Waals surface area contributed by atoms with E-state index in [1.807, 2.05) is 0 Å². The number of benzene rings is 3. The Morgan fingerprint density at radius 3 is 2.23 bits per heavy atom. The van der Waals surface area contributed by atoms with E-state index in [2.05, 4.69) is 5.32 Å². The van der Waals surface area contributed by atoms with E-state index in [1.165, 1.54) is 41.3 Å². The standard InChI is InChI=1S/C30H32Cl2N4O6S/c1-21(30(38)33-23-8-4-2-5-9-23)34(19-22-12-17-27(31)28(32)18-22)29(37)20-35(24-13-15-25(16-14-24)36(39)40)43(41,42)26-10-6-3-7-11-26/h3,6-7,10-18,21,23H,2,4-5,8-9,19-20H2,1H3,(H,33,38)/t21-/m1/s1. The number of non-ortho nitro benzene ring substituents is 1. The summed E-state index contributed by atoms with van der Waals surface area (Å²) < 4.78 is 28.5. The van der Waals surface area contributed by atoms with Gasteiger partial charge in [0.1, 0.15) is 12.6 Å². The first kappa shape index (κ1) is 32.2. The molecule has 10 nitrogen and oxygen atoms in total. The van der Waals surface area contributed by atoms with Crippen LogP contribution in [-0.4, -0.2) is 48.7 Å². The van der Waals surface area contributed by atoms with Crippen molar-refractivity contribution in [3.05, 3.63) is 98.5 Å². The average Bonchev–Trinajstić information content (AvgIpc) is 3.00. The monoisotopic (exact) mass is 646 g/mol. The van der Waals surface area contributed by atoms with Crippen molar-refractivity contribution in [2.24, 2.45) is 0 Å². The highest BCUT2D eigenvalue weighted by molar-refractivity contribution is 7.92. The number of anilines is 1. The summed E-state index contributed by atoms with van der Waals surface area (Å²) in [4.78, 5) is 39.3. The first-order valence-corrected chi connectivity index (χ1v) is 16.0. The Morgan fingerprint density at radius 1 is 0.977 bits per heavy atom. The van der Waals surface area contributed by atoms with Gasteiger partial charge in [0.25, 0.3) is 15.7 Å². The Hall–Kier alpha value is -3.67. The van der Waals surface area contributed by atoms with Crippen molar-refractivity contribution in [2.75, 3.05) is 10.8 Å². The zero-order chi connectivity index (χ0) is 31.1. The van der Waals surface area contributed by atoms with Crippen LogP contribution in [0.25, 0.3) is 0 Å². The van der Waals surface area contributed by atoms with Crippen LogP contribution in [-0.2, 0) is 26.2 Å². The van der Waals surface area contributed by atoms with Crippen molar-refractivity contribution in [1.29, 1.82) is 0 Å². The van der Waals surface area contributed by atoms with Crippen LogP contribution in [0.2, 0.25) is 10.0 Å². The van der Waals surface area contributed by atoms with Crippen LogP contribution >= 0.6 is 23.2 Å². The molecule has 0 heterocycles. The molecule has 1 aliphatic rings. The second-order valence-electron chi connectivity index (χ2n) is 10.4. The molecule has 13 heteroatoms. The molecule has 0 saturated heterocycles. The maximum absolute atomic E-state index is 14.0. The Balaban J connectivity index is 1.69. The van der Waals surface area contributed by atoms with Crippen LogP contribution in [0.5, 0.6) is 0 Å². The molecule has 0 bridgehead atoms. The Kier molecular flexibility index (Phi) is 10.6. The summed E-state index contributed by atoms with van der Waals surface area (Å²) in [6.07, 6.45) is 4.82. The van der Waals surface area contributed by atoms with Gasteiger partial charge < -0.3 is 10.2 Å². The molecule has 0 aromatic heterocycles. The van der Waals surface area contributed by atoms with E-state index in [9.17, 15) is 28.1 Å². The van der Waals surface area contributed by atoms with Crippen molar-refractivity contribution < 1.29 is 22.9 Å². The fraction of sp³-hybridized carbons (Fsp3) is 0.333. The topological polar surface area (TPSA) is 130 Å². The van der Waals surface area contributed by atoms with Gasteiger partial charge in [0.15, 0.2) is 0 Å². The molecule has 0 aliphatic heterocycles. The zero-order valence-electron chi connectivity index (χ0n) is 23.5. The van der Waals surface area contributed by atoms with Crippen LogP contribution in [0.4, 0.5) is 11.4 Å². The van der Waals surface area contributed by atoms with Gasteiger partial charge >= 0.3 is 0 Å². The first-order chi connectivity index (χ1) is 20.5. The van der Waals surface area contributed by atoms with E-state index in [-0.39, 0.29) is 39.8 Å². The van der Waals surface area contributed by atoms with Crippen LogP contribution in [0.15, 0.2) is 77.7 Å². The molecular formula is C30H32Cl2N4O6S. The van der Waals surface area contributed by atoms with E-state index < -0.39 is 33.4 Å². The van der Waals surface area contributed by atoms with Crippen LogP contribution in [0.3, 0.4) is 0 Å². The smallest absolute Gasteiger partial charge is 0.269 e. The summed E-state index contributed by atoms with van der Waals surface area (Å²) in [7, 11) is -4.29. The molecule has 3 aromatic rings. The molecule has 3 aromatic carbocycles. The van der Waals surface area contributed by atoms with Crippen molar-refractivity contribution >= 4 is 56.4 Å². The highest BCUT2D eigenvalue weighted by atomic mass is 35.5. The second-order valence-corrected chi connectivity index (χ2v) is 13.1. The minimum absolute atomic E-state index is 0.000643. The van der Waals surface area contributed by atoms with Gasteiger partial charge in [-0.2, -0.15) is 0 Å². The minimum atomic E-state index is -4.29. The van der Waals surface area contributed by atoms with Crippen molar-refractivity contribution in [1.82, 2.24) is 10.2 Å². The predicted octanol–water partition coefficient (Wildman–Crippen LogP) is 5.96. The number of halogens is 2. The quantitative estimate of drug-likeness (QED) is 0.202. The fourth-order valence-electron chi connectivity index (χ4n) is 4.98. The van der Waals surface area contributed by atoms with Crippen LogP contribution in [0.1, 0.15) is 44.6 Å². The molecule has 0 radical (unpaired) electrons. The first-order valence-electron chi connectivity index (χ1n) is 13.8. The van der Waals surface area contributed by atoms with Crippen molar-refractivity contribution in [2.45, 2.75) is 62.6 Å². The highest BCUT2D eigenvalue weighted by Gasteiger charge is 2.33. The molecule has 43 heavy (non-hydrogen) atoms. The van der Waals surface area contributed by atoms with E-state index in [0.717, 1.165) is 36.4 Å². The molecule has 1 N–H and O–H groups in total. The molecule has 1 saturated carbocycles. The molecule has 1 aliphatic carbocycles. The molecule has 4 rings (SSSR count). The van der Waals surface area contributed by atoms with Crippen LogP contribution < -0.4 is 9.62 Å². The van der Waals surface area contributed by atoms with Gasteiger partial charge in [-0.25, -0.2) is 8.42 Å². The van der Waals surface area contributed by atoms with E-state index in [4.69, 9.17) is 23.2 Å². The second kappa shape index (κ2) is 14.2. The maximum Gasteiger partial charge on any atom is 0.269 e. The minimum Gasteiger partial charge on any atom is -0.352 e. The lowest BCUT2D eigenvalue weighted by Crippen LogP contribution is -2.53. The molecule has 1 fully saturated rings. The summed E-state index contributed by atoms with van der Waals surface area (Å²) in [5, 5.41) is 14.9. The third kappa shape index (κ3) is 8.04. The number of nitrogens with one attached hydrogen (secondary N) is 1. The number of nitro groups is 1. The number of nitro benzene ring substituents is 1. The third-order valence-corrected chi connectivity index (χ3v) is 9.94. The summed E-state index contributed by atoms with van der Waals surface area (Å²) in [6, 6.07) is 16.3. The number of rotatable bonds is 11. The SMILES string of the molecule is C[C@H](C(=O)NC1CCCCC1)N(Cc1ccc(Cl)c(Cl)c1)C(=O)CN(c1ccc([N+](=O)[O-])cc1)S(=O)(=O)c1ccccc1. The number of amides is 2. The number of carbonyl (C=O) groups is 2. The number of nitrogens with zero attached hydrogens (tertiary/aromatic N) is 3. The highest BCUT2D eigenvalue weighted by Crippen LogP contribution is 2.28. The van der Waals surface area contributed by atoms with Crippen LogP contribution in [0, 0.1) is 10.1 Å². The Labute approximate surface area is 260 Å². The maximum atomic E-state index is 14.0. The van der Waals surface area contributed by atoms with Gasteiger partial charge in [0, 0.05) is 24.7 Å². The summed E-state index contributed by atoms with van der Waals surface area (Å²) >= 11 is 12.3. The lowest BCUT2D eigenvalue weighted by atomic mass is 9.95. The van der Waals surface area contributed by atoms with Crippen molar-refractivity contribution in [3.63, 3.8) is 0 Å². The van der Waals surface area contributed by atoms with E-state index in [1.54, 1.807) is 43.3 Å². The molecule has 1 atom stereocenters. The molecular weight excluding hydrogens is 615 g/mol. The largest absolute Gasteiger partial charge is 0.352 e. The van der Waals surface area contributed by atoms with Gasteiger partial charge in [-0.15, -0.1) is 0 Å². The van der Waals surface area contributed by atoms with Gasteiger partial charge in [0.05, 0.1) is 25.6 Å². The van der Waals surface area contributed by atoms with Crippen molar-refractivity contribution in [3.8, 4) is 0 Å². The van der Waals surface area contributed by atoms with Gasteiger partial charge in [-0.3, -0.25) is 24.0 Å². The molecule has 0 spiro atoms. The van der Waals surface area contributed by atoms with Gasteiger partial charge in [0.2, 0.25) is 11.8 Å². The summed E-state index contributed by atoms with van der Waals surface area (Å²) in [6.45, 7) is 0.876. The lowest BCUT2D eigenvalue weighted by molar-refractivity contribution is -0.384. The molecule has 2 amide bonds. The summed E-state index contributed by atoms with van der Waals surface area (Å²) in [5.41, 5.74) is 0.408.